The molecule has 2 fully saturated rings. The maximum absolute atomic E-state index is 13.9. The molecule has 0 spiro atoms. The van der Waals surface area contributed by atoms with E-state index in [1.165, 1.54) is 12.2 Å². The highest BCUT2D eigenvalue weighted by Gasteiger charge is 2.42. The minimum Gasteiger partial charge on any atom is -0.459 e. The third kappa shape index (κ3) is 28.3. The molecule has 12 unspecified atom stereocenters. The van der Waals surface area contributed by atoms with Crippen LogP contribution in [0, 0.1) is 47.3 Å². The van der Waals surface area contributed by atoms with Crippen LogP contribution in [0.3, 0.4) is 0 Å². The molecule has 0 saturated carbocycles. The molecule has 5 aliphatic rings. The van der Waals surface area contributed by atoms with Crippen LogP contribution in [-0.4, -0.2) is 221 Å². The summed E-state index contributed by atoms with van der Waals surface area (Å²) in [6.45, 7) is 22.7. The lowest BCUT2D eigenvalue weighted by Gasteiger charge is -2.38. The number of ether oxygens (including phenoxy) is 10. The van der Waals surface area contributed by atoms with Crippen molar-refractivity contribution in [3.8, 4) is 0 Å². The van der Waals surface area contributed by atoms with Crippen LogP contribution in [-0.2, 0) is 52.2 Å². The molecule has 5 rings (SSSR count). The van der Waals surface area contributed by atoms with Gasteiger partial charge in [-0.2, -0.15) is 0 Å². The summed E-state index contributed by atoms with van der Waals surface area (Å²) >= 11 is 0. The molecular formula is C78H134O20. The SMILES string of the molecule is COC1CC(C)OC(CC[C@H](C)C2OC(=O)/C=C/C(C)=C/C[C@H](O)C[C@@H]3C=CC[C@@H](CC(OC)[C@@H](C)C(C[C@@H](O)[C@H](C)[C@H](O)[C@@H](C)[C@@H](O)C(C)CCC4CC(OC)C[C@H](C)O4)O[C@@H](O)/C=C/C(C)=C/C[C@H](O)CC4C=CCC(C[C@H](OC)[C@@H](C)[C@@H](O)CC(O)[C@H](C)[C@H](O)[C@H]2C)O4)O3)C1. The zero-order chi connectivity index (χ0) is 72.5. The van der Waals surface area contributed by atoms with Gasteiger partial charge in [-0.3, -0.25) is 0 Å². The number of rotatable bonds is 18. The lowest BCUT2D eigenvalue weighted by atomic mass is 9.79. The Morgan fingerprint density at radius 2 is 1.01 bits per heavy atom. The van der Waals surface area contributed by atoms with E-state index >= 15 is 0 Å². The van der Waals surface area contributed by atoms with E-state index in [0.29, 0.717) is 57.8 Å². The molecule has 0 amide bonds. The lowest BCUT2D eigenvalue weighted by Crippen LogP contribution is -2.45. The molecule has 9 N–H and O–H groups in total. The Morgan fingerprint density at radius 1 is 0.510 bits per heavy atom. The fourth-order valence-electron chi connectivity index (χ4n) is 15.4. The molecule has 98 heavy (non-hydrogen) atoms. The molecule has 0 aromatic heterocycles. The number of hydrogen-bond donors (Lipinski definition) is 9. The van der Waals surface area contributed by atoms with Crippen molar-refractivity contribution in [2.24, 2.45) is 47.3 Å². The van der Waals surface area contributed by atoms with Gasteiger partial charge >= 0.3 is 5.97 Å². The first-order valence-corrected chi connectivity index (χ1v) is 37.2. The molecule has 0 radical (unpaired) electrons. The van der Waals surface area contributed by atoms with Gasteiger partial charge in [0.25, 0.3) is 0 Å². The maximum Gasteiger partial charge on any atom is 0.331 e. The summed E-state index contributed by atoms with van der Waals surface area (Å²) in [4.78, 5) is 13.9. The minimum atomic E-state index is -1.43. The zero-order valence-corrected chi connectivity index (χ0v) is 62.4. The van der Waals surface area contributed by atoms with Gasteiger partial charge in [0.05, 0.1) is 128 Å². The fraction of sp³-hybridized carbons (Fsp3) is 0.833. The molecule has 5 aliphatic heterocycles. The van der Waals surface area contributed by atoms with E-state index in [-0.39, 0.29) is 86.4 Å². The number of fused-ring (bicyclic) bond motifs is 4. The first-order chi connectivity index (χ1) is 46.4. The zero-order valence-electron chi connectivity index (χ0n) is 62.4. The van der Waals surface area contributed by atoms with Gasteiger partial charge in [-0.05, 0) is 129 Å². The number of aliphatic hydroxyl groups excluding tert-OH is 9. The molecule has 4 bridgehead atoms. The topological polar surface area (TPSA) is 291 Å². The van der Waals surface area contributed by atoms with Crippen molar-refractivity contribution in [3.63, 3.8) is 0 Å². The second-order valence-corrected chi connectivity index (χ2v) is 30.5. The van der Waals surface area contributed by atoms with Gasteiger partial charge in [-0.15, -0.1) is 0 Å². The third-order valence-electron chi connectivity index (χ3n) is 22.4. The van der Waals surface area contributed by atoms with Crippen LogP contribution >= 0.6 is 0 Å². The molecule has 2 saturated heterocycles. The number of carbonyl (C=O) groups excluding carboxylic acids is 1. The van der Waals surface area contributed by atoms with Gasteiger partial charge in [0.2, 0.25) is 0 Å². The van der Waals surface area contributed by atoms with Crippen LogP contribution in [0.1, 0.15) is 199 Å². The molecule has 20 nitrogen and oxygen atoms in total. The Morgan fingerprint density at radius 3 is 1.53 bits per heavy atom. The van der Waals surface area contributed by atoms with Crippen LogP contribution in [0.2, 0.25) is 0 Å². The molecule has 0 aromatic carbocycles. The summed E-state index contributed by atoms with van der Waals surface area (Å²) < 4.78 is 61.9. The van der Waals surface area contributed by atoms with Gasteiger partial charge in [0.1, 0.15) is 6.10 Å². The smallest absolute Gasteiger partial charge is 0.331 e. The summed E-state index contributed by atoms with van der Waals surface area (Å²) in [7, 11) is 6.63. The number of hydrogen-bond acceptors (Lipinski definition) is 20. The van der Waals surface area contributed by atoms with Gasteiger partial charge < -0.3 is 93.3 Å². The standard InChI is InChI=1S/C78H134O20/c1-45-23-29-57(79)37-59-19-17-21-61(95-59)41-70(91-15)51(7)67(81)43-68(82)52(8)77(88)56(12)78(48(4)28-32-64-40-66(90-14)36-50(6)94-64)98-74(85)34-26-46(2)24-30-58(80)38-60-20-18-22-62(96-60)42-71(92-16)54(10)72(97-73(84)33-25-45)44-69(83)53(9)76(87)55(11)75(86)47(3)27-31-63-39-65(89-13)35-49(5)93-63/h17-20,23-26,33-34,47-73,75-84,86-88H,21-22,27-32,35-44H2,1-16H3/b33-25+,34-26+,45-23+,46-24+/t47?,48-,49-,50?,51-,52-,53-,54+,55-,56+,57-,58-,59?,60-,61?,62-,63?,64?,65?,66?,67-,68?,69+,70-,71?,72?,73+,75-,76-,77-,78?/m0/s1. The Balaban J connectivity index is 1.36. The highest BCUT2D eigenvalue weighted by Crippen LogP contribution is 2.37. The molecule has 20 heteroatoms. The van der Waals surface area contributed by atoms with Gasteiger partial charge in [-0.25, -0.2) is 4.79 Å². The summed E-state index contributed by atoms with van der Waals surface area (Å²) in [6.07, 6.45) is 14.0. The molecular weight excluding hydrogens is 1260 g/mol. The van der Waals surface area contributed by atoms with E-state index in [4.69, 9.17) is 47.4 Å². The van der Waals surface area contributed by atoms with E-state index < -0.39 is 133 Å². The Kier molecular flexibility index (Phi) is 38.1. The van der Waals surface area contributed by atoms with E-state index in [0.717, 1.165) is 43.3 Å². The number of esters is 1. The summed E-state index contributed by atoms with van der Waals surface area (Å²) in [6, 6.07) is 0. The van der Waals surface area contributed by atoms with Crippen LogP contribution in [0.15, 0.2) is 71.9 Å². The van der Waals surface area contributed by atoms with Crippen molar-refractivity contribution >= 4 is 5.97 Å². The van der Waals surface area contributed by atoms with Crippen LogP contribution in [0.5, 0.6) is 0 Å². The van der Waals surface area contributed by atoms with Gasteiger partial charge in [0.15, 0.2) is 6.29 Å². The minimum absolute atomic E-state index is 0.00941. The van der Waals surface area contributed by atoms with Crippen molar-refractivity contribution in [3.05, 3.63) is 71.9 Å². The highest BCUT2D eigenvalue weighted by molar-refractivity contribution is 5.82. The normalized spacial score (nSPS) is 41.2. The average molecular weight is 1390 g/mol. The summed E-state index contributed by atoms with van der Waals surface area (Å²) in [5, 5.41) is 105. The average Bonchev–Trinajstić information content (AvgIpc) is 0.863. The van der Waals surface area contributed by atoms with E-state index in [1.54, 1.807) is 61.4 Å². The van der Waals surface area contributed by atoms with E-state index in [9.17, 15) is 50.8 Å². The van der Waals surface area contributed by atoms with Crippen LogP contribution in [0.4, 0.5) is 0 Å². The molecule has 5 heterocycles. The Hall–Kier alpha value is -2.81. The van der Waals surface area contributed by atoms with Gasteiger partial charge in [-0.1, -0.05) is 115 Å². The number of cyclic esters (lactones) is 1. The van der Waals surface area contributed by atoms with E-state index in [1.807, 2.05) is 98.8 Å². The number of allylic oxidation sites excluding steroid dienone is 4. The highest BCUT2D eigenvalue weighted by atomic mass is 16.6. The first kappa shape index (κ1) is 85.8. The van der Waals surface area contributed by atoms with Crippen LogP contribution < -0.4 is 0 Å². The summed E-state index contributed by atoms with van der Waals surface area (Å²) in [5.74, 6) is -4.52. The van der Waals surface area contributed by atoms with Crippen molar-refractivity contribution in [2.75, 3.05) is 28.4 Å². The number of aliphatic hydroxyl groups is 9. The Bertz CT molecular complexity index is 2440. The quantitative estimate of drug-likeness (QED) is 0.0455. The summed E-state index contributed by atoms with van der Waals surface area (Å²) in [5.41, 5.74) is 1.48. The Labute approximate surface area is 588 Å². The van der Waals surface area contributed by atoms with Gasteiger partial charge in [0, 0.05) is 102 Å². The van der Waals surface area contributed by atoms with Crippen molar-refractivity contribution in [2.45, 2.75) is 339 Å². The number of carbonyl (C=O) groups is 1. The molecule has 31 atom stereocenters. The third-order valence-corrected chi connectivity index (χ3v) is 22.4. The molecule has 0 aromatic rings. The molecule has 566 valence electrons. The predicted molar refractivity (Wildman–Crippen MR) is 378 cm³/mol. The molecule has 0 aliphatic carbocycles. The second kappa shape index (κ2) is 43.5. The van der Waals surface area contributed by atoms with E-state index in [2.05, 4.69) is 0 Å². The monoisotopic (exact) mass is 1390 g/mol. The maximum atomic E-state index is 13.9. The predicted octanol–water partition coefficient (Wildman–Crippen LogP) is 9.90. The van der Waals surface area contributed by atoms with Crippen molar-refractivity contribution < 1.29 is 98.1 Å². The van der Waals surface area contributed by atoms with Crippen molar-refractivity contribution in [1.29, 1.82) is 0 Å². The lowest BCUT2D eigenvalue weighted by molar-refractivity contribution is -0.159. The van der Waals surface area contributed by atoms with Crippen molar-refractivity contribution in [1.82, 2.24) is 0 Å². The fourth-order valence-corrected chi connectivity index (χ4v) is 15.4. The first-order valence-electron chi connectivity index (χ1n) is 37.2. The van der Waals surface area contributed by atoms with Crippen LogP contribution in [0.25, 0.3) is 0 Å². The second-order valence-electron chi connectivity index (χ2n) is 30.5. The number of methoxy groups -OCH3 is 4. The largest absolute Gasteiger partial charge is 0.459 e.